The third-order valence-corrected chi connectivity index (χ3v) is 11.6. The first-order valence-electron chi connectivity index (χ1n) is 15.0. The van der Waals surface area contributed by atoms with Gasteiger partial charge in [0.2, 0.25) is 0 Å². The molecule has 0 saturated heterocycles. The Morgan fingerprint density at radius 1 is 0.825 bits per heavy atom. The highest BCUT2D eigenvalue weighted by atomic mass is 32.2. The molecule has 2 atom stereocenters. The highest BCUT2D eigenvalue weighted by Gasteiger charge is 2.48. The summed E-state index contributed by atoms with van der Waals surface area (Å²) in [4.78, 5) is 11.5. The first-order chi connectivity index (χ1) is 19.7. The van der Waals surface area contributed by atoms with Crippen molar-refractivity contribution in [3.05, 3.63) is 108 Å². The number of nitrogens with zero attached hydrogens (tertiary/aromatic N) is 2. The van der Waals surface area contributed by atoms with Crippen LogP contribution in [-0.4, -0.2) is 40.1 Å². The van der Waals surface area contributed by atoms with E-state index in [0.29, 0.717) is 6.42 Å². The molecular formula is C34H46N2O2PS+. The molecule has 6 heteroatoms. The number of thioether (sulfide) groups is 1. The summed E-state index contributed by atoms with van der Waals surface area (Å²) in [5, 5.41) is 9.16. The molecule has 0 amide bonds. The van der Waals surface area contributed by atoms with E-state index in [4.69, 9.17) is 11.2 Å². The maximum Gasteiger partial charge on any atom is 0.346 e. The standard InChI is InChI=1S/C34H46N2O2PS/c1-29(2)36(30(3)4)39(37,27-18-25-35)38-26-16-5-6-17-28-40-34(31-19-10-7-11-20-31,32-21-12-8-13-22-32)33-23-14-9-15-24-33/h7-15,19-24,29-30,37H,5-6,16-18,26-28H2,1-4H3/q+1/i26D. The minimum Gasteiger partial charge on any atom is -0.201 e. The SMILES string of the molecule is [2H]C(CCCCCSC(c1ccccc1)(c1ccccc1)c1ccccc1)O[P+](O)(CCC#N)N(C(C)C)C(C)C. The van der Waals surface area contributed by atoms with Gasteiger partial charge in [-0.1, -0.05) is 104 Å². The van der Waals surface area contributed by atoms with Crippen LogP contribution in [0.4, 0.5) is 0 Å². The Hall–Kier alpha value is -2.19. The van der Waals surface area contributed by atoms with Crippen molar-refractivity contribution in [3.8, 4) is 6.07 Å². The predicted molar refractivity (Wildman–Crippen MR) is 172 cm³/mol. The van der Waals surface area contributed by atoms with Crippen LogP contribution in [0.15, 0.2) is 91.0 Å². The highest BCUT2D eigenvalue weighted by molar-refractivity contribution is 8.00. The molecule has 1 N–H and O–H groups in total. The van der Waals surface area contributed by atoms with Crippen molar-refractivity contribution in [1.29, 1.82) is 5.26 Å². The van der Waals surface area contributed by atoms with Gasteiger partial charge in [-0.25, -0.2) is 4.89 Å². The van der Waals surface area contributed by atoms with Crippen LogP contribution < -0.4 is 0 Å². The summed E-state index contributed by atoms with van der Waals surface area (Å²) < 4.78 is 16.3. The molecule has 0 aliphatic heterocycles. The first-order valence-corrected chi connectivity index (χ1v) is 17.2. The maximum atomic E-state index is 11.5. The lowest BCUT2D eigenvalue weighted by molar-refractivity contribution is 0.188. The molecule has 3 aromatic rings. The molecule has 4 nitrogen and oxygen atoms in total. The van der Waals surface area contributed by atoms with Gasteiger partial charge in [0.25, 0.3) is 0 Å². The van der Waals surface area contributed by atoms with Gasteiger partial charge in [0.15, 0.2) is 0 Å². The molecule has 2 unspecified atom stereocenters. The lowest BCUT2D eigenvalue weighted by atomic mass is 9.84. The lowest BCUT2D eigenvalue weighted by Gasteiger charge is -2.35. The summed E-state index contributed by atoms with van der Waals surface area (Å²) in [7, 11) is -3.03. The fraction of sp³-hybridized carbons (Fsp3) is 0.441. The Morgan fingerprint density at radius 3 is 1.70 bits per heavy atom. The summed E-state index contributed by atoms with van der Waals surface area (Å²) >= 11 is 1.97. The molecule has 0 saturated carbocycles. The minimum atomic E-state index is -3.03. The van der Waals surface area contributed by atoms with E-state index in [9.17, 15) is 4.89 Å². The highest BCUT2D eigenvalue weighted by Crippen LogP contribution is 2.61. The van der Waals surface area contributed by atoms with E-state index in [0.717, 1.165) is 25.0 Å². The van der Waals surface area contributed by atoms with Crippen LogP contribution in [0.25, 0.3) is 0 Å². The van der Waals surface area contributed by atoms with E-state index >= 15 is 0 Å². The largest absolute Gasteiger partial charge is 0.346 e. The summed E-state index contributed by atoms with van der Waals surface area (Å²) in [6.45, 7) is 7.29. The Kier molecular flexibility index (Phi) is 12.5. The Bertz CT molecular complexity index is 1090. The fourth-order valence-electron chi connectivity index (χ4n) is 5.41. The van der Waals surface area contributed by atoms with E-state index in [1.54, 1.807) is 0 Å². The third-order valence-electron chi connectivity index (χ3n) is 7.00. The van der Waals surface area contributed by atoms with Gasteiger partial charge in [-0.15, -0.1) is 16.4 Å². The zero-order valence-corrected chi connectivity index (χ0v) is 26.2. The van der Waals surface area contributed by atoms with Crippen LogP contribution in [0.1, 0.15) is 77.9 Å². The number of hydrogen-bond acceptors (Lipinski definition) is 5. The third kappa shape index (κ3) is 8.41. The van der Waals surface area contributed by atoms with Crippen molar-refractivity contribution in [3.63, 3.8) is 0 Å². The molecule has 0 spiro atoms. The van der Waals surface area contributed by atoms with E-state index in [-0.39, 0.29) is 29.4 Å². The summed E-state index contributed by atoms with van der Waals surface area (Å²) in [5.41, 5.74) is 3.80. The normalized spacial score (nSPS) is 14.6. The van der Waals surface area contributed by atoms with Crippen molar-refractivity contribution in [1.82, 2.24) is 4.67 Å². The summed E-state index contributed by atoms with van der Waals surface area (Å²) in [5.74, 6) is 0.968. The van der Waals surface area contributed by atoms with Crippen LogP contribution in [-0.2, 0) is 9.27 Å². The van der Waals surface area contributed by atoms with Crippen LogP contribution in [0.5, 0.6) is 0 Å². The monoisotopic (exact) mass is 578 g/mol. The number of unbranched alkanes of at least 4 members (excludes halogenated alkanes) is 2. The van der Waals surface area contributed by atoms with Gasteiger partial charge in [-0.3, -0.25) is 0 Å². The van der Waals surface area contributed by atoms with Crippen molar-refractivity contribution >= 4 is 19.6 Å². The second kappa shape index (κ2) is 16.3. The van der Waals surface area contributed by atoms with Gasteiger partial charge in [0, 0.05) is 12.1 Å². The number of hydrogen-bond donors (Lipinski definition) is 1. The predicted octanol–water partition coefficient (Wildman–Crippen LogP) is 9.08. The van der Waals surface area contributed by atoms with E-state index in [2.05, 4.69) is 97.1 Å². The topological polar surface area (TPSA) is 56.5 Å². The smallest absolute Gasteiger partial charge is 0.201 e. The van der Waals surface area contributed by atoms with Gasteiger partial charge in [0.05, 0.1) is 25.2 Å². The molecule has 0 radical (unpaired) electrons. The molecule has 3 aromatic carbocycles. The Labute approximate surface area is 248 Å². The molecule has 0 heterocycles. The lowest BCUT2D eigenvalue weighted by Crippen LogP contribution is -2.38. The average Bonchev–Trinajstić information content (AvgIpc) is 2.97. The maximum absolute atomic E-state index is 11.5. The summed E-state index contributed by atoms with van der Waals surface area (Å²) in [6.07, 6.45) is 3.90. The van der Waals surface area contributed by atoms with Crippen LogP contribution >= 0.6 is 19.6 Å². The van der Waals surface area contributed by atoms with Crippen LogP contribution in [0, 0.1) is 11.3 Å². The van der Waals surface area contributed by atoms with Gasteiger partial charge in [-0.2, -0.15) is 9.79 Å². The van der Waals surface area contributed by atoms with E-state index in [1.165, 1.54) is 16.7 Å². The van der Waals surface area contributed by atoms with Crippen LogP contribution in [0.3, 0.4) is 0 Å². The molecule has 0 fully saturated rings. The van der Waals surface area contributed by atoms with Gasteiger partial charge < -0.3 is 0 Å². The molecule has 0 aliphatic carbocycles. The fourth-order valence-corrected chi connectivity index (χ4v) is 9.60. The van der Waals surface area contributed by atoms with Crippen molar-refractivity contribution in [2.75, 3.05) is 18.5 Å². The quantitative estimate of drug-likeness (QED) is 0.0984. The molecule has 40 heavy (non-hydrogen) atoms. The molecule has 0 aliphatic rings. The zero-order chi connectivity index (χ0) is 29.7. The Morgan fingerprint density at radius 2 is 1.27 bits per heavy atom. The second-order valence-corrected chi connectivity index (χ2v) is 14.4. The van der Waals surface area contributed by atoms with Gasteiger partial charge >= 0.3 is 7.87 Å². The van der Waals surface area contributed by atoms with Crippen LogP contribution in [0.2, 0.25) is 0 Å². The van der Waals surface area contributed by atoms with Gasteiger partial charge in [0.1, 0.15) is 6.16 Å². The number of benzene rings is 3. The summed E-state index contributed by atoms with van der Waals surface area (Å²) in [6, 6.07) is 34.5. The van der Waals surface area contributed by atoms with Gasteiger partial charge in [-0.05, 0) is 63.0 Å². The Balaban J connectivity index is 1.66. The second-order valence-electron chi connectivity index (χ2n) is 10.6. The molecule has 0 bridgehead atoms. The van der Waals surface area contributed by atoms with Crippen molar-refractivity contribution in [2.24, 2.45) is 0 Å². The molecular weight excluding hydrogens is 531 g/mol. The number of nitriles is 1. The van der Waals surface area contributed by atoms with Crippen molar-refractivity contribution in [2.45, 2.75) is 76.6 Å². The van der Waals surface area contributed by atoms with E-state index < -0.39 is 14.5 Å². The zero-order valence-electron chi connectivity index (χ0n) is 25.4. The first kappa shape index (κ1) is 30.8. The number of rotatable bonds is 17. The molecule has 3 rings (SSSR count). The molecule has 214 valence electrons. The minimum absolute atomic E-state index is 0.0651. The van der Waals surface area contributed by atoms with E-state index in [1.807, 2.05) is 44.1 Å². The molecule has 0 aromatic heterocycles. The van der Waals surface area contributed by atoms with Crippen molar-refractivity contribution < 1.29 is 10.8 Å². The average molecular weight is 579 g/mol.